The van der Waals surface area contributed by atoms with Gasteiger partial charge in [0.2, 0.25) is 0 Å². The smallest absolute Gasteiger partial charge is 0.135 e. The summed E-state index contributed by atoms with van der Waals surface area (Å²) in [7, 11) is 0. The van der Waals surface area contributed by atoms with Crippen LogP contribution >= 0.6 is 0 Å². The number of aromatic nitrogens is 2. The van der Waals surface area contributed by atoms with Crippen molar-refractivity contribution in [3.05, 3.63) is 11.4 Å². The average molecular weight is 290 g/mol. The van der Waals surface area contributed by atoms with Crippen LogP contribution in [0, 0.1) is 6.92 Å². The predicted octanol–water partition coefficient (Wildman–Crippen LogP) is 4.30. The molecule has 4 heteroatoms. The molecule has 0 unspecified atom stereocenters. The predicted molar refractivity (Wildman–Crippen MR) is 90.0 cm³/mol. The van der Waals surface area contributed by atoms with Crippen molar-refractivity contribution in [2.24, 2.45) is 0 Å². The van der Waals surface area contributed by atoms with Crippen molar-refractivity contribution in [3.63, 3.8) is 0 Å². The minimum absolute atomic E-state index is 0.199. The van der Waals surface area contributed by atoms with Crippen LogP contribution in [0.4, 0.5) is 11.6 Å². The molecule has 21 heavy (non-hydrogen) atoms. The molecule has 0 bridgehead atoms. The van der Waals surface area contributed by atoms with E-state index < -0.39 is 0 Å². The third-order valence-electron chi connectivity index (χ3n) is 4.34. The van der Waals surface area contributed by atoms with E-state index in [0.717, 1.165) is 48.8 Å². The molecule has 1 aliphatic carbocycles. The highest BCUT2D eigenvalue weighted by molar-refractivity contribution is 5.58. The van der Waals surface area contributed by atoms with Crippen LogP contribution in [0.2, 0.25) is 0 Å². The van der Waals surface area contributed by atoms with Crippen LogP contribution in [-0.4, -0.2) is 22.1 Å². The van der Waals surface area contributed by atoms with Gasteiger partial charge in [-0.15, -0.1) is 0 Å². The molecule has 0 amide bonds. The van der Waals surface area contributed by atoms with Crippen LogP contribution in [0.3, 0.4) is 0 Å². The molecule has 1 aliphatic rings. The van der Waals surface area contributed by atoms with E-state index in [9.17, 15) is 0 Å². The number of nitrogens with zero attached hydrogens (tertiary/aromatic N) is 2. The summed E-state index contributed by atoms with van der Waals surface area (Å²) in [5.41, 5.74) is 1.35. The Bertz CT molecular complexity index is 464. The summed E-state index contributed by atoms with van der Waals surface area (Å²) in [6.45, 7) is 9.75. The van der Waals surface area contributed by atoms with E-state index in [-0.39, 0.29) is 5.54 Å². The van der Waals surface area contributed by atoms with Gasteiger partial charge in [0.05, 0.1) is 0 Å². The quantitative estimate of drug-likeness (QED) is 0.786. The van der Waals surface area contributed by atoms with E-state index in [4.69, 9.17) is 9.97 Å². The fourth-order valence-corrected chi connectivity index (χ4v) is 3.00. The zero-order valence-electron chi connectivity index (χ0n) is 14.1. The third kappa shape index (κ3) is 4.08. The van der Waals surface area contributed by atoms with Crippen molar-refractivity contribution in [2.45, 2.75) is 78.2 Å². The lowest BCUT2D eigenvalue weighted by atomic mass is 10.0. The molecule has 1 saturated carbocycles. The van der Waals surface area contributed by atoms with Gasteiger partial charge in [0.1, 0.15) is 17.5 Å². The monoisotopic (exact) mass is 290 g/mol. The second kappa shape index (κ2) is 7.10. The molecule has 4 nitrogen and oxygen atoms in total. The standard InChI is InChI=1S/C17H30N4/c1-5-9-14-19-15(18-12-6-2)13(3)16(20-14)21-17(4)10-7-8-11-17/h5-12H2,1-4H3,(H2,18,19,20,21). The van der Waals surface area contributed by atoms with Crippen LogP contribution in [-0.2, 0) is 6.42 Å². The first-order chi connectivity index (χ1) is 10.1. The maximum Gasteiger partial charge on any atom is 0.135 e. The van der Waals surface area contributed by atoms with Crippen LogP contribution in [0.1, 0.15) is 70.7 Å². The Hall–Kier alpha value is -1.32. The molecule has 0 saturated heterocycles. The molecule has 0 radical (unpaired) electrons. The van der Waals surface area contributed by atoms with Gasteiger partial charge in [-0.05, 0) is 39.5 Å². The Morgan fingerprint density at radius 1 is 1.05 bits per heavy atom. The molecular formula is C17H30N4. The lowest BCUT2D eigenvalue weighted by Gasteiger charge is -2.27. The van der Waals surface area contributed by atoms with Crippen LogP contribution < -0.4 is 10.6 Å². The number of hydrogen-bond acceptors (Lipinski definition) is 4. The Kier molecular flexibility index (Phi) is 5.43. The lowest BCUT2D eigenvalue weighted by Crippen LogP contribution is -2.32. The van der Waals surface area contributed by atoms with Gasteiger partial charge in [-0.2, -0.15) is 0 Å². The first-order valence-electron chi connectivity index (χ1n) is 8.47. The van der Waals surface area contributed by atoms with E-state index in [1.165, 1.54) is 25.7 Å². The van der Waals surface area contributed by atoms with E-state index >= 15 is 0 Å². The average Bonchev–Trinajstić information content (AvgIpc) is 2.87. The fourth-order valence-electron chi connectivity index (χ4n) is 3.00. The zero-order chi connectivity index (χ0) is 15.3. The number of rotatable bonds is 7. The van der Waals surface area contributed by atoms with Crippen molar-refractivity contribution in [2.75, 3.05) is 17.2 Å². The Balaban J connectivity index is 2.26. The number of aryl methyl sites for hydroxylation is 1. The summed E-state index contributed by atoms with van der Waals surface area (Å²) in [4.78, 5) is 9.47. The Morgan fingerprint density at radius 3 is 2.33 bits per heavy atom. The molecule has 1 fully saturated rings. The fraction of sp³-hybridized carbons (Fsp3) is 0.765. The zero-order valence-corrected chi connectivity index (χ0v) is 14.1. The van der Waals surface area contributed by atoms with E-state index in [0.29, 0.717) is 0 Å². The molecule has 2 N–H and O–H groups in total. The normalized spacial score (nSPS) is 17.0. The number of hydrogen-bond donors (Lipinski definition) is 2. The van der Waals surface area contributed by atoms with Gasteiger partial charge in [0.25, 0.3) is 0 Å². The molecule has 0 atom stereocenters. The van der Waals surface area contributed by atoms with E-state index in [1.807, 2.05) is 0 Å². The minimum atomic E-state index is 0.199. The Morgan fingerprint density at radius 2 is 1.71 bits per heavy atom. The summed E-state index contributed by atoms with van der Waals surface area (Å²) in [5, 5.41) is 7.16. The summed E-state index contributed by atoms with van der Waals surface area (Å²) >= 11 is 0. The molecule has 0 aliphatic heterocycles. The molecule has 118 valence electrons. The van der Waals surface area contributed by atoms with Crippen LogP contribution in [0.15, 0.2) is 0 Å². The molecule has 1 aromatic rings. The van der Waals surface area contributed by atoms with Gasteiger partial charge in [-0.3, -0.25) is 0 Å². The van der Waals surface area contributed by atoms with Crippen molar-refractivity contribution < 1.29 is 0 Å². The topological polar surface area (TPSA) is 49.8 Å². The van der Waals surface area contributed by atoms with Gasteiger partial charge in [0.15, 0.2) is 0 Å². The highest BCUT2D eigenvalue weighted by Gasteiger charge is 2.29. The summed E-state index contributed by atoms with van der Waals surface area (Å²) in [6, 6.07) is 0. The molecule has 0 aromatic carbocycles. The lowest BCUT2D eigenvalue weighted by molar-refractivity contribution is 0.529. The van der Waals surface area contributed by atoms with Crippen LogP contribution in [0.5, 0.6) is 0 Å². The van der Waals surface area contributed by atoms with Gasteiger partial charge in [-0.25, -0.2) is 9.97 Å². The second-order valence-electron chi connectivity index (χ2n) is 6.53. The third-order valence-corrected chi connectivity index (χ3v) is 4.34. The molecule has 1 aromatic heterocycles. The van der Waals surface area contributed by atoms with Crippen molar-refractivity contribution in [1.29, 1.82) is 0 Å². The van der Waals surface area contributed by atoms with E-state index in [1.54, 1.807) is 0 Å². The molecule has 2 rings (SSSR count). The summed E-state index contributed by atoms with van der Waals surface area (Å²) in [6.07, 6.45) is 8.22. The molecule has 1 heterocycles. The van der Waals surface area contributed by atoms with Crippen molar-refractivity contribution in [1.82, 2.24) is 9.97 Å². The SMILES string of the molecule is CCCNc1nc(CCC)nc(NC2(C)CCCC2)c1C. The van der Waals surface area contributed by atoms with Crippen LogP contribution in [0.25, 0.3) is 0 Å². The maximum absolute atomic E-state index is 4.78. The Labute approximate surface area is 129 Å². The van der Waals surface area contributed by atoms with E-state index in [2.05, 4.69) is 38.3 Å². The first-order valence-corrected chi connectivity index (χ1v) is 8.47. The molecule has 0 spiro atoms. The largest absolute Gasteiger partial charge is 0.370 e. The summed E-state index contributed by atoms with van der Waals surface area (Å²) < 4.78 is 0. The highest BCUT2D eigenvalue weighted by Crippen LogP contribution is 2.33. The van der Waals surface area contributed by atoms with Gasteiger partial charge in [-0.1, -0.05) is 26.7 Å². The van der Waals surface area contributed by atoms with Gasteiger partial charge >= 0.3 is 0 Å². The highest BCUT2D eigenvalue weighted by atomic mass is 15.1. The van der Waals surface area contributed by atoms with Gasteiger partial charge < -0.3 is 10.6 Å². The summed E-state index contributed by atoms with van der Waals surface area (Å²) in [5.74, 6) is 2.97. The first kappa shape index (κ1) is 16.1. The second-order valence-corrected chi connectivity index (χ2v) is 6.53. The molecular weight excluding hydrogens is 260 g/mol. The van der Waals surface area contributed by atoms with Crippen molar-refractivity contribution in [3.8, 4) is 0 Å². The van der Waals surface area contributed by atoms with Crippen molar-refractivity contribution >= 4 is 11.6 Å². The number of anilines is 2. The maximum atomic E-state index is 4.78. The van der Waals surface area contributed by atoms with Gasteiger partial charge in [0, 0.05) is 24.1 Å². The number of nitrogens with one attached hydrogen (secondary N) is 2. The minimum Gasteiger partial charge on any atom is -0.370 e.